The van der Waals surface area contributed by atoms with Gasteiger partial charge in [0.15, 0.2) is 0 Å². The average Bonchev–Trinajstić information content (AvgIpc) is 3.32. The fourth-order valence-electron chi connectivity index (χ4n) is 3.55. The molecule has 2 aliphatic heterocycles. The van der Waals surface area contributed by atoms with Gasteiger partial charge in [-0.25, -0.2) is 0 Å². The van der Waals surface area contributed by atoms with Crippen molar-refractivity contribution in [1.82, 2.24) is 15.1 Å². The highest BCUT2D eigenvalue weighted by Crippen LogP contribution is 2.32. The van der Waals surface area contributed by atoms with Gasteiger partial charge >= 0.3 is 0 Å². The number of carbonyl (C=O) groups excluding carboxylic acids is 2. The second kappa shape index (κ2) is 6.34. The molecule has 0 radical (unpaired) electrons. The zero-order chi connectivity index (χ0) is 14.8. The quantitative estimate of drug-likeness (QED) is 0.844. The van der Waals surface area contributed by atoms with E-state index in [1.54, 1.807) is 6.92 Å². The molecule has 3 aliphatic rings. The van der Waals surface area contributed by atoms with Gasteiger partial charge in [0.1, 0.15) is 0 Å². The Morgan fingerprint density at radius 2 is 1.29 bits per heavy atom. The molecule has 2 saturated heterocycles. The Morgan fingerprint density at radius 1 is 0.810 bits per heavy atom. The summed E-state index contributed by atoms with van der Waals surface area (Å²) in [5.41, 5.74) is 0. The maximum atomic E-state index is 12.0. The highest BCUT2D eigenvalue weighted by molar-refractivity contribution is 5.81. The predicted molar refractivity (Wildman–Crippen MR) is 80.7 cm³/mol. The topological polar surface area (TPSA) is 52.7 Å². The summed E-state index contributed by atoms with van der Waals surface area (Å²) in [6.45, 7) is 5.25. The van der Waals surface area contributed by atoms with Crippen molar-refractivity contribution >= 4 is 11.8 Å². The molecule has 1 aliphatic carbocycles. The van der Waals surface area contributed by atoms with E-state index in [2.05, 4.69) is 10.2 Å². The SMILES string of the molecule is CC(=O)N1CCC(NC2CCN(C(=O)C3CC3)CC2)CC1. The van der Waals surface area contributed by atoms with Gasteiger partial charge in [0.2, 0.25) is 11.8 Å². The van der Waals surface area contributed by atoms with E-state index in [4.69, 9.17) is 0 Å². The summed E-state index contributed by atoms with van der Waals surface area (Å²) in [5.74, 6) is 0.939. The van der Waals surface area contributed by atoms with E-state index >= 15 is 0 Å². The Labute approximate surface area is 127 Å². The second-order valence-corrected chi connectivity index (χ2v) is 6.82. The Bertz CT molecular complexity index is 392. The minimum atomic E-state index is 0.195. The van der Waals surface area contributed by atoms with Crippen LogP contribution < -0.4 is 5.32 Å². The lowest BCUT2D eigenvalue weighted by Gasteiger charge is -2.37. The van der Waals surface area contributed by atoms with Gasteiger partial charge < -0.3 is 15.1 Å². The van der Waals surface area contributed by atoms with E-state index in [1.165, 1.54) is 0 Å². The number of nitrogens with zero attached hydrogens (tertiary/aromatic N) is 2. The molecular weight excluding hydrogens is 266 g/mol. The van der Waals surface area contributed by atoms with Crippen LogP contribution in [0.3, 0.4) is 0 Å². The molecule has 21 heavy (non-hydrogen) atoms. The smallest absolute Gasteiger partial charge is 0.225 e. The lowest BCUT2D eigenvalue weighted by atomic mass is 9.99. The van der Waals surface area contributed by atoms with Crippen LogP contribution in [0.2, 0.25) is 0 Å². The van der Waals surface area contributed by atoms with Crippen LogP contribution >= 0.6 is 0 Å². The van der Waals surface area contributed by atoms with Crippen LogP contribution in [0.15, 0.2) is 0 Å². The number of piperidine rings is 2. The van der Waals surface area contributed by atoms with E-state index < -0.39 is 0 Å². The number of carbonyl (C=O) groups is 2. The first kappa shape index (κ1) is 14.8. The summed E-state index contributed by atoms with van der Waals surface area (Å²) in [4.78, 5) is 27.4. The van der Waals surface area contributed by atoms with E-state index in [1.807, 2.05) is 4.90 Å². The van der Waals surface area contributed by atoms with Crippen LogP contribution in [-0.4, -0.2) is 59.9 Å². The van der Waals surface area contributed by atoms with Gasteiger partial charge in [-0.2, -0.15) is 0 Å². The first-order valence-electron chi connectivity index (χ1n) is 8.44. The first-order chi connectivity index (χ1) is 10.1. The zero-order valence-electron chi connectivity index (χ0n) is 13.0. The molecule has 0 aromatic heterocycles. The molecule has 2 heterocycles. The predicted octanol–water partition coefficient (Wildman–Crippen LogP) is 0.988. The van der Waals surface area contributed by atoms with Crippen molar-refractivity contribution in [3.05, 3.63) is 0 Å². The summed E-state index contributed by atoms with van der Waals surface area (Å²) >= 11 is 0. The van der Waals surface area contributed by atoms with Crippen molar-refractivity contribution in [1.29, 1.82) is 0 Å². The van der Waals surface area contributed by atoms with Crippen LogP contribution in [-0.2, 0) is 9.59 Å². The maximum Gasteiger partial charge on any atom is 0.225 e. The minimum Gasteiger partial charge on any atom is -0.343 e. The molecule has 0 atom stereocenters. The van der Waals surface area contributed by atoms with Crippen molar-refractivity contribution in [2.45, 2.75) is 57.5 Å². The van der Waals surface area contributed by atoms with Crippen molar-refractivity contribution in [3.8, 4) is 0 Å². The van der Waals surface area contributed by atoms with E-state index in [0.29, 0.717) is 23.9 Å². The fraction of sp³-hybridized carbons (Fsp3) is 0.875. The molecule has 1 N–H and O–H groups in total. The molecule has 0 aromatic rings. The molecule has 0 bridgehead atoms. The Morgan fingerprint density at radius 3 is 1.71 bits per heavy atom. The van der Waals surface area contributed by atoms with Crippen LogP contribution in [0, 0.1) is 5.92 Å². The number of hydrogen-bond acceptors (Lipinski definition) is 3. The normalized spacial score (nSPS) is 25.2. The first-order valence-corrected chi connectivity index (χ1v) is 8.44. The van der Waals surface area contributed by atoms with Gasteiger partial charge in [-0.05, 0) is 38.5 Å². The van der Waals surface area contributed by atoms with Gasteiger partial charge in [0.25, 0.3) is 0 Å². The highest BCUT2D eigenvalue weighted by Gasteiger charge is 2.35. The molecule has 5 heteroatoms. The van der Waals surface area contributed by atoms with Crippen molar-refractivity contribution < 1.29 is 9.59 Å². The van der Waals surface area contributed by atoms with E-state index in [9.17, 15) is 9.59 Å². The number of nitrogens with one attached hydrogen (secondary N) is 1. The molecule has 0 aromatic carbocycles. The third-order valence-corrected chi connectivity index (χ3v) is 5.14. The Hall–Kier alpha value is -1.10. The van der Waals surface area contributed by atoms with E-state index in [0.717, 1.165) is 64.7 Å². The zero-order valence-corrected chi connectivity index (χ0v) is 13.0. The third-order valence-electron chi connectivity index (χ3n) is 5.14. The third kappa shape index (κ3) is 3.76. The van der Waals surface area contributed by atoms with Crippen LogP contribution in [0.4, 0.5) is 0 Å². The molecule has 3 fully saturated rings. The molecule has 3 rings (SSSR count). The Balaban J connectivity index is 1.37. The summed E-state index contributed by atoms with van der Waals surface area (Å²) in [6.07, 6.45) is 6.47. The fourth-order valence-corrected chi connectivity index (χ4v) is 3.55. The van der Waals surface area contributed by atoms with Gasteiger partial charge in [-0.3, -0.25) is 9.59 Å². The minimum absolute atomic E-state index is 0.195. The summed E-state index contributed by atoms with van der Waals surface area (Å²) in [7, 11) is 0. The van der Waals surface area contributed by atoms with Crippen molar-refractivity contribution in [2.24, 2.45) is 5.92 Å². The largest absolute Gasteiger partial charge is 0.343 e. The van der Waals surface area contributed by atoms with Gasteiger partial charge in [0, 0.05) is 51.1 Å². The average molecular weight is 293 g/mol. The number of rotatable bonds is 3. The van der Waals surface area contributed by atoms with Crippen LogP contribution in [0.25, 0.3) is 0 Å². The maximum absolute atomic E-state index is 12.0. The van der Waals surface area contributed by atoms with Crippen LogP contribution in [0.5, 0.6) is 0 Å². The van der Waals surface area contributed by atoms with Crippen molar-refractivity contribution in [2.75, 3.05) is 26.2 Å². The molecule has 1 saturated carbocycles. The lowest BCUT2D eigenvalue weighted by molar-refractivity contribution is -0.133. The van der Waals surface area contributed by atoms with Crippen LogP contribution in [0.1, 0.15) is 45.4 Å². The summed E-state index contributed by atoms with van der Waals surface area (Å²) < 4.78 is 0. The lowest BCUT2D eigenvalue weighted by Crippen LogP contribution is -2.51. The van der Waals surface area contributed by atoms with E-state index in [-0.39, 0.29) is 5.91 Å². The summed E-state index contributed by atoms with van der Waals surface area (Å²) in [5, 5.41) is 3.75. The standard InChI is InChI=1S/C16H27N3O2/c1-12(20)18-8-4-14(5-9-18)17-15-6-10-19(11-7-15)16(21)13-2-3-13/h13-15,17H,2-11H2,1H3. The Kier molecular flexibility index (Phi) is 4.48. The van der Waals surface area contributed by atoms with Crippen molar-refractivity contribution in [3.63, 3.8) is 0 Å². The molecule has 2 amide bonds. The van der Waals surface area contributed by atoms with Gasteiger partial charge in [-0.15, -0.1) is 0 Å². The van der Waals surface area contributed by atoms with Gasteiger partial charge in [-0.1, -0.05) is 0 Å². The molecule has 0 spiro atoms. The second-order valence-electron chi connectivity index (χ2n) is 6.82. The molecule has 5 nitrogen and oxygen atoms in total. The van der Waals surface area contributed by atoms with Gasteiger partial charge in [0.05, 0.1) is 0 Å². The molecular formula is C16H27N3O2. The highest BCUT2D eigenvalue weighted by atomic mass is 16.2. The number of amides is 2. The summed E-state index contributed by atoms with van der Waals surface area (Å²) in [6, 6.07) is 1.08. The molecule has 118 valence electrons. The number of likely N-dealkylation sites (tertiary alicyclic amines) is 2. The monoisotopic (exact) mass is 293 g/mol. The molecule has 0 unspecified atom stereocenters. The number of hydrogen-bond donors (Lipinski definition) is 1.